The van der Waals surface area contributed by atoms with Gasteiger partial charge in [-0.25, -0.2) is 8.78 Å². The van der Waals surface area contributed by atoms with Gasteiger partial charge in [0.1, 0.15) is 0 Å². The topological polar surface area (TPSA) is 29.3 Å². The second-order valence-electron chi connectivity index (χ2n) is 5.46. The van der Waals surface area contributed by atoms with Gasteiger partial charge in [-0.2, -0.15) is 0 Å². The van der Waals surface area contributed by atoms with Crippen molar-refractivity contribution in [3.63, 3.8) is 0 Å². The number of hydrogen-bond acceptors (Lipinski definition) is 2. The zero-order chi connectivity index (χ0) is 14.8. The van der Waals surface area contributed by atoms with Crippen LogP contribution in [0.4, 0.5) is 20.2 Å². The Morgan fingerprint density at radius 3 is 2.43 bits per heavy atom. The summed E-state index contributed by atoms with van der Waals surface area (Å²) in [6.07, 6.45) is -0.403. The van der Waals surface area contributed by atoms with Crippen LogP contribution in [0.15, 0.2) is 48.5 Å². The Morgan fingerprint density at radius 2 is 1.81 bits per heavy atom. The Labute approximate surface area is 123 Å². The Balaban J connectivity index is 1.94. The second-order valence-corrected chi connectivity index (χ2v) is 5.46. The Hall–Kier alpha value is -2.10. The summed E-state index contributed by atoms with van der Waals surface area (Å²) in [6.45, 7) is 0.648. The molecule has 0 aromatic heterocycles. The van der Waals surface area contributed by atoms with E-state index in [1.165, 1.54) is 6.07 Å². The summed E-state index contributed by atoms with van der Waals surface area (Å²) in [5.41, 5.74) is 7.79. The lowest BCUT2D eigenvalue weighted by Crippen LogP contribution is -2.26. The number of anilines is 2. The van der Waals surface area contributed by atoms with Crippen LogP contribution in [0.25, 0.3) is 0 Å². The predicted octanol–water partition coefficient (Wildman–Crippen LogP) is 4.38. The number of hydrogen-bond donors (Lipinski definition) is 1. The lowest BCUT2D eigenvalue weighted by atomic mass is 10.1. The molecule has 2 N–H and O–H groups in total. The van der Waals surface area contributed by atoms with E-state index in [1.807, 2.05) is 30.3 Å². The smallest absolute Gasteiger partial charge is 0.265 e. The molecule has 4 heteroatoms. The third kappa shape index (κ3) is 3.15. The summed E-state index contributed by atoms with van der Waals surface area (Å²) >= 11 is 0. The third-order valence-corrected chi connectivity index (χ3v) is 3.78. The molecule has 1 saturated carbocycles. The molecule has 2 nitrogen and oxygen atoms in total. The van der Waals surface area contributed by atoms with Crippen LogP contribution in [0.3, 0.4) is 0 Å². The monoisotopic (exact) mass is 288 g/mol. The summed E-state index contributed by atoms with van der Waals surface area (Å²) in [7, 11) is 0. The first-order valence-corrected chi connectivity index (χ1v) is 7.13. The number of alkyl halides is 2. The molecule has 0 spiro atoms. The van der Waals surface area contributed by atoms with E-state index in [2.05, 4.69) is 4.90 Å². The molecular weight excluding hydrogens is 270 g/mol. The lowest BCUT2D eigenvalue weighted by Gasteiger charge is -2.27. The van der Waals surface area contributed by atoms with Crippen LogP contribution in [0, 0.1) is 0 Å². The Bertz CT molecular complexity index is 609. The van der Waals surface area contributed by atoms with Crippen molar-refractivity contribution < 1.29 is 8.78 Å². The van der Waals surface area contributed by atoms with Gasteiger partial charge in [0.05, 0.1) is 0 Å². The fourth-order valence-electron chi connectivity index (χ4n) is 2.59. The van der Waals surface area contributed by atoms with Crippen LogP contribution < -0.4 is 10.6 Å². The van der Waals surface area contributed by atoms with Gasteiger partial charge < -0.3 is 10.6 Å². The van der Waals surface area contributed by atoms with Crippen molar-refractivity contribution >= 4 is 11.4 Å². The van der Waals surface area contributed by atoms with Gasteiger partial charge >= 0.3 is 0 Å². The predicted molar refractivity (Wildman–Crippen MR) is 81.5 cm³/mol. The van der Waals surface area contributed by atoms with E-state index in [4.69, 9.17) is 5.73 Å². The fourth-order valence-corrected chi connectivity index (χ4v) is 2.59. The van der Waals surface area contributed by atoms with Crippen molar-refractivity contribution in [2.75, 3.05) is 10.6 Å². The highest BCUT2D eigenvalue weighted by atomic mass is 19.3. The first-order chi connectivity index (χ1) is 10.1. The molecular formula is C17H18F2N2. The third-order valence-electron chi connectivity index (χ3n) is 3.78. The van der Waals surface area contributed by atoms with Gasteiger partial charge in [0, 0.05) is 29.5 Å². The van der Waals surface area contributed by atoms with Crippen LogP contribution in [-0.2, 0) is 6.54 Å². The molecule has 1 aliphatic carbocycles. The number of rotatable bonds is 5. The van der Waals surface area contributed by atoms with E-state index in [-0.39, 0.29) is 5.56 Å². The van der Waals surface area contributed by atoms with Gasteiger partial charge in [0.15, 0.2) is 0 Å². The van der Waals surface area contributed by atoms with Crippen LogP contribution >= 0.6 is 0 Å². The number of nitrogens with zero attached hydrogens (tertiary/aromatic N) is 1. The van der Waals surface area contributed by atoms with Crippen molar-refractivity contribution in [1.29, 1.82) is 0 Å². The average molecular weight is 288 g/mol. The van der Waals surface area contributed by atoms with E-state index in [9.17, 15) is 8.78 Å². The quantitative estimate of drug-likeness (QED) is 0.827. The van der Waals surface area contributed by atoms with Crippen LogP contribution in [0.2, 0.25) is 0 Å². The van der Waals surface area contributed by atoms with Crippen LogP contribution in [0.1, 0.15) is 30.4 Å². The first kappa shape index (κ1) is 13.9. The van der Waals surface area contributed by atoms with Crippen molar-refractivity contribution in [1.82, 2.24) is 0 Å². The van der Waals surface area contributed by atoms with E-state index in [1.54, 1.807) is 12.1 Å². The largest absolute Gasteiger partial charge is 0.399 e. The molecule has 0 radical (unpaired) electrons. The first-order valence-electron chi connectivity index (χ1n) is 7.13. The van der Waals surface area contributed by atoms with Gasteiger partial charge in [-0.1, -0.05) is 30.3 Å². The summed E-state index contributed by atoms with van der Waals surface area (Å²) < 4.78 is 26.6. The van der Waals surface area contributed by atoms with Crippen molar-refractivity contribution in [3.8, 4) is 0 Å². The summed E-state index contributed by atoms with van der Waals surface area (Å²) in [4.78, 5) is 2.08. The number of benzene rings is 2. The summed E-state index contributed by atoms with van der Waals surface area (Å²) in [5.74, 6) is 0. The second kappa shape index (κ2) is 5.72. The van der Waals surface area contributed by atoms with E-state index < -0.39 is 6.43 Å². The van der Waals surface area contributed by atoms with E-state index in [0.29, 0.717) is 24.0 Å². The molecule has 3 rings (SSSR count). The molecule has 2 aromatic carbocycles. The minimum atomic E-state index is -2.51. The van der Waals surface area contributed by atoms with Crippen molar-refractivity contribution in [2.24, 2.45) is 0 Å². The molecule has 110 valence electrons. The molecule has 0 aliphatic heterocycles. The molecule has 2 aromatic rings. The highest BCUT2D eigenvalue weighted by Gasteiger charge is 2.31. The zero-order valence-corrected chi connectivity index (χ0v) is 11.7. The molecule has 1 fully saturated rings. The van der Waals surface area contributed by atoms with Gasteiger partial charge in [-0.05, 0) is 36.6 Å². The lowest BCUT2D eigenvalue weighted by molar-refractivity contribution is 0.152. The minimum absolute atomic E-state index is 0.0258. The molecule has 0 bridgehead atoms. The maximum Gasteiger partial charge on any atom is 0.265 e. The highest BCUT2D eigenvalue weighted by Crippen LogP contribution is 2.38. The molecule has 21 heavy (non-hydrogen) atoms. The zero-order valence-electron chi connectivity index (χ0n) is 11.7. The number of halogens is 2. The number of nitrogen functional groups attached to an aromatic ring is 1. The van der Waals surface area contributed by atoms with Crippen molar-refractivity contribution in [3.05, 3.63) is 59.7 Å². The minimum Gasteiger partial charge on any atom is -0.399 e. The molecule has 1 aliphatic rings. The van der Waals surface area contributed by atoms with E-state index in [0.717, 1.165) is 18.4 Å². The van der Waals surface area contributed by atoms with Gasteiger partial charge in [-0.3, -0.25) is 0 Å². The molecule has 0 unspecified atom stereocenters. The standard InChI is InChI=1S/C17H18F2N2/c18-17(19)15-10-13(20)6-9-16(15)21(14-7-8-14)11-12-4-2-1-3-5-12/h1-6,9-10,14,17H,7-8,11,20H2. The molecule has 0 saturated heterocycles. The summed E-state index contributed by atoms with van der Waals surface area (Å²) in [5, 5.41) is 0. The van der Waals surface area contributed by atoms with Crippen LogP contribution in [0.5, 0.6) is 0 Å². The van der Waals surface area contributed by atoms with E-state index >= 15 is 0 Å². The normalized spacial score (nSPS) is 14.4. The maximum absolute atomic E-state index is 13.3. The maximum atomic E-state index is 13.3. The molecule has 0 heterocycles. The number of nitrogens with two attached hydrogens (primary N) is 1. The SMILES string of the molecule is Nc1ccc(N(Cc2ccccc2)C2CC2)c(C(F)F)c1. The van der Waals surface area contributed by atoms with Crippen LogP contribution in [-0.4, -0.2) is 6.04 Å². The Morgan fingerprint density at radius 1 is 1.10 bits per heavy atom. The summed E-state index contributed by atoms with van der Waals surface area (Å²) in [6, 6.07) is 15.1. The van der Waals surface area contributed by atoms with Crippen molar-refractivity contribution in [2.45, 2.75) is 31.9 Å². The molecule has 0 atom stereocenters. The van der Waals surface area contributed by atoms with Gasteiger partial charge in [0.2, 0.25) is 0 Å². The molecule has 0 amide bonds. The van der Waals surface area contributed by atoms with Gasteiger partial charge in [-0.15, -0.1) is 0 Å². The average Bonchev–Trinajstić information content (AvgIpc) is 3.31. The fraction of sp³-hybridized carbons (Fsp3) is 0.294. The van der Waals surface area contributed by atoms with Gasteiger partial charge in [0.25, 0.3) is 6.43 Å². The Kier molecular flexibility index (Phi) is 3.78. The highest BCUT2D eigenvalue weighted by molar-refractivity contribution is 5.61.